The second kappa shape index (κ2) is 9.78. The first kappa shape index (κ1) is 25.5. The summed E-state index contributed by atoms with van der Waals surface area (Å²) >= 11 is 0. The number of fused-ring (bicyclic) bond motifs is 1. The number of aliphatic hydroxyl groups excluding tert-OH is 2. The second-order valence-corrected chi connectivity index (χ2v) is 8.81. The van der Waals surface area contributed by atoms with Crippen LogP contribution in [0.2, 0.25) is 0 Å². The molecule has 3 heterocycles. The van der Waals surface area contributed by atoms with Crippen LogP contribution < -0.4 is 5.32 Å². The molecule has 3 aromatic rings. The molecule has 1 aliphatic rings. The quantitative estimate of drug-likeness (QED) is 0.139. The maximum atomic E-state index is 11.2. The average Bonchev–Trinajstić information content (AvgIpc) is 3.37. The summed E-state index contributed by atoms with van der Waals surface area (Å²) in [6, 6.07) is 3.43. The van der Waals surface area contributed by atoms with Crippen molar-refractivity contribution in [3.8, 4) is 0 Å². The third kappa shape index (κ3) is 5.14. The number of aliphatic hydroxyl groups is 2. The Morgan fingerprint density at radius 3 is 2.50 bits per heavy atom. The number of anilines is 1. The highest BCUT2D eigenvalue weighted by Gasteiger charge is 2.45. The van der Waals surface area contributed by atoms with E-state index in [1.807, 2.05) is 0 Å². The van der Waals surface area contributed by atoms with Gasteiger partial charge in [0.15, 0.2) is 23.2 Å². The van der Waals surface area contributed by atoms with Crippen LogP contribution in [0.3, 0.4) is 0 Å². The van der Waals surface area contributed by atoms with E-state index in [-0.39, 0.29) is 23.5 Å². The van der Waals surface area contributed by atoms with E-state index in [0.29, 0.717) is 5.56 Å². The molecular weight excluding hydrogens is 509 g/mol. The van der Waals surface area contributed by atoms with Crippen LogP contribution in [0, 0.1) is 20.2 Å². The maximum absolute atomic E-state index is 11.2. The molecule has 18 nitrogen and oxygen atoms in total. The molecule has 0 aliphatic carbocycles. The highest BCUT2D eigenvalue weighted by atomic mass is 31.2. The first-order valence-corrected chi connectivity index (χ1v) is 11.5. The topological polar surface area (TPSA) is 258 Å². The normalized spacial score (nSPS) is 22.1. The average molecular weight is 527 g/mol. The van der Waals surface area contributed by atoms with Gasteiger partial charge in [0.1, 0.15) is 24.6 Å². The molecule has 1 saturated heterocycles. The monoisotopic (exact) mass is 527 g/mol. The number of hydrogen-bond acceptors (Lipinski definition) is 13. The molecule has 1 aliphatic heterocycles. The summed E-state index contributed by atoms with van der Waals surface area (Å²) in [4.78, 5) is 50.5. The Morgan fingerprint density at radius 1 is 1.11 bits per heavy atom. The van der Waals surface area contributed by atoms with Crippen molar-refractivity contribution in [1.82, 2.24) is 19.5 Å². The third-order valence-corrected chi connectivity index (χ3v) is 5.76. The maximum Gasteiger partial charge on any atom is 0.469 e. The zero-order valence-corrected chi connectivity index (χ0v) is 18.8. The fraction of sp³-hybridized carbons (Fsp3) is 0.353. The summed E-state index contributed by atoms with van der Waals surface area (Å²) in [7, 11) is -4.83. The first-order valence-electron chi connectivity index (χ1n) is 10.0. The van der Waals surface area contributed by atoms with E-state index < -0.39 is 60.2 Å². The zero-order valence-electron chi connectivity index (χ0n) is 17.9. The van der Waals surface area contributed by atoms with Crippen molar-refractivity contribution < 1.29 is 43.7 Å². The number of phosphoric acid groups is 1. The van der Waals surface area contributed by atoms with Gasteiger partial charge in [-0.05, 0) is 11.6 Å². The van der Waals surface area contributed by atoms with Gasteiger partial charge < -0.3 is 30.1 Å². The summed E-state index contributed by atoms with van der Waals surface area (Å²) < 4.78 is 22.1. The van der Waals surface area contributed by atoms with E-state index in [2.05, 4.69) is 24.8 Å². The molecule has 2 aromatic heterocycles. The molecule has 36 heavy (non-hydrogen) atoms. The lowest BCUT2D eigenvalue weighted by atomic mass is 10.1. The minimum absolute atomic E-state index is 0.0130. The lowest BCUT2D eigenvalue weighted by Gasteiger charge is -2.16. The van der Waals surface area contributed by atoms with Crippen LogP contribution in [-0.2, 0) is 20.4 Å². The van der Waals surface area contributed by atoms with Gasteiger partial charge in [0.2, 0.25) is 0 Å². The van der Waals surface area contributed by atoms with E-state index in [4.69, 9.17) is 14.5 Å². The number of nitro groups is 2. The molecule has 19 heteroatoms. The van der Waals surface area contributed by atoms with Gasteiger partial charge in [-0.25, -0.2) is 19.5 Å². The number of nitrogens with one attached hydrogen (secondary N) is 1. The Bertz CT molecular complexity index is 1360. The number of hydrogen-bond donors (Lipinski definition) is 5. The Kier molecular flexibility index (Phi) is 6.92. The fourth-order valence-electron chi connectivity index (χ4n) is 3.60. The number of nitro benzene ring substituents is 2. The van der Waals surface area contributed by atoms with E-state index >= 15 is 0 Å². The third-order valence-electron chi connectivity index (χ3n) is 5.27. The van der Waals surface area contributed by atoms with Crippen LogP contribution in [-0.4, -0.2) is 74.3 Å². The number of nitrogens with zero attached hydrogens (tertiary/aromatic N) is 6. The minimum atomic E-state index is -4.83. The van der Waals surface area contributed by atoms with Gasteiger partial charge in [0.25, 0.3) is 0 Å². The van der Waals surface area contributed by atoms with Gasteiger partial charge >= 0.3 is 19.2 Å². The molecular formula is C17H18N7O11P. The number of rotatable bonds is 9. The Labute approximate surface area is 199 Å². The van der Waals surface area contributed by atoms with Gasteiger partial charge in [0, 0.05) is 18.7 Å². The van der Waals surface area contributed by atoms with Crippen LogP contribution in [0.5, 0.6) is 0 Å². The van der Waals surface area contributed by atoms with Crippen molar-refractivity contribution in [3.05, 3.63) is 56.6 Å². The highest BCUT2D eigenvalue weighted by molar-refractivity contribution is 7.46. The number of imidazole rings is 1. The van der Waals surface area contributed by atoms with Gasteiger partial charge in [-0.15, -0.1) is 0 Å². The van der Waals surface area contributed by atoms with E-state index in [0.717, 1.165) is 18.5 Å². The number of ether oxygens (including phenoxy) is 1. The lowest BCUT2D eigenvalue weighted by molar-refractivity contribution is -0.422. The molecule has 5 N–H and O–H groups in total. The molecule has 0 amide bonds. The number of benzene rings is 1. The largest absolute Gasteiger partial charge is 0.469 e. The predicted molar refractivity (Wildman–Crippen MR) is 116 cm³/mol. The fourth-order valence-corrected chi connectivity index (χ4v) is 3.94. The summed E-state index contributed by atoms with van der Waals surface area (Å²) in [5.41, 5.74) is -0.596. The lowest BCUT2D eigenvalue weighted by Crippen LogP contribution is -2.33. The van der Waals surface area contributed by atoms with Gasteiger partial charge in [-0.3, -0.25) is 29.3 Å². The van der Waals surface area contributed by atoms with Gasteiger partial charge in [0.05, 0.1) is 22.8 Å². The van der Waals surface area contributed by atoms with Crippen molar-refractivity contribution in [2.45, 2.75) is 31.1 Å². The smallest absolute Gasteiger partial charge is 0.387 e. The zero-order chi connectivity index (χ0) is 26.2. The number of aromatic nitrogens is 4. The summed E-state index contributed by atoms with van der Waals surface area (Å²) in [5, 5.41) is 45.7. The second-order valence-electron chi connectivity index (χ2n) is 7.57. The van der Waals surface area contributed by atoms with Crippen molar-refractivity contribution in [2.75, 3.05) is 11.9 Å². The van der Waals surface area contributed by atoms with Gasteiger partial charge in [-0.2, -0.15) is 0 Å². The first-order chi connectivity index (χ1) is 17.0. The summed E-state index contributed by atoms with van der Waals surface area (Å²) in [5.74, 6) is 0.189. The van der Waals surface area contributed by atoms with Crippen molar-refractivity contribution >= 4 is 36.2 Å². The highest BCUT2D eigenvalue weighted by Crippen LogP contribution is 2.39. The minimum Gasteiger partial charge on any atom is -0.387 e. The summed E-state index contributed by atoms with van der Waals surface area (Å²) in [6.07, 6.45) is -3.12. The van der Waals surface area contributed by atoms with E-state index in [9.17, 15) is 35.0 Å². The Balaban J connectivity index is 1.54. The van der Waals surface area contributed by atoms with Crippen molar-refractivity contribution in [3.63, 3.8) is 0 Å². The SMILES string of the molecule is O=[N+]([O-])c1ccc(CNc2ncnc3c2ncn3[C@@H]2O[C@H](COP(=O)(O)O)[C@@H](O)[C@H]2O)cc1[N+](=O)[O-]. The van der Waals surface area contributed by atoms with E-state index in [1.165, 1.54) is 17.0 Å². The molecule has 4 rings (SSSR count). The molecule has 0 unspecified atom stereocenters. The molecule has 4 atom stereocenters. The molecule has 0 bridgehead atoms. The summed E-state index contributed by atoms with van der Waals surface area (Å²) in [6.45, 7) is -0.699. The molecule has 0 radical (unpaired) electrons. The molecule has 1 aromatic carbocycles. The predicted octanol–water partition coefficient (Wildman–Crippen LogP) is -0.0167. The van der Waals surface area contributed by atoms with Crippen LogP contribution in [0.1, 0.15) is 11.8 Å². The Hall–Kier alpha value is -3.64. The molecule has 192 valence electrons. The van der Waals surface area contributed by atoms with Crippen LogP contribution in [0.4, 0.5) is 17.2 Å². The van der Waals surface area contributed by atoms with Crippen molar-refractivity contribution in [2.24, 2.45) is 0 Å². The van der Waals surface area contributed by atoms with Crippen molar-refractivity contribution in [1.29, 1.82) is 0 Å². The standard InChI is InChI=1S/C17H18N7O11P/c25-13-11(5-34-36(31,32)33)35-17(14(13)26)22-7-21-12-15(19-6-20-16(12)22)18-4-8-1-2-9(23(27)28)10(3-8)24(29)30/h1-3,6-7,11,13-14,17,25-26H,4-5H2,(H,18,19,20)(H2,31,32,33)/t11-,13-,14-,17-/m1/s1. The molecule has 0 saturated carbocycles. The number of phosphoric ester groups is 1. The Morgan fingerprint density at radius 2 is 1.83 bits per heavy atom. The van der Waals surface area contributed by atoms with Gasteiger partial charge in [-0.1, -0.05) is 0 Å². The van der Waals surface area contributed by atoms with Crippen LogP contribution in [0.25, 0.3) is 11.2 Å². The molecule has 1 fully saturated rings. The van der Waals surface area contributed by atoms with Crippen LogP contribution in [0.15, 0.2) is 30.9 Å². The molecule has 0 spiro atoms. The van der Waals surface area contributed by atoms with E-state index in [1.54, 1.807) is 0 Å². The van der Waals surface area contributed by atoms with Crippen LogP contribution >= 0.6 is 7.82 Å².